The summed E-state index contributed by atoms with van der Waals surface area (Å²) >= 11 is 1.92. The molecule has 59 heavy (non-hydrogen) atoms. The van der Waals surface area contributed by atoms with Crippen LogP contribution in [0.1, 0.15) is 25.0 Å². The first-order valence-corrected chi connectivity index (χ1v) is 21.1. The molecule has 12 rings (SSSR count). The van der Waals surface area contributed by atoms with Crippen LogP contribution in [0.2, 0.25) is 0 Å². The van der Waals surface area contributed by atoms with Crippen LogP contribution in [0, 0.1) is 0 Å². The fourth-order valence-corrected chi connectivity index (χ4v) is 11.1. The number of fused-ring (bicyclic) bond motifs is 10. The van der Waals surface area contributed by atoms with E-state index in [0.717, 1.165) is 55.7 Å². The summed E-state index contributed by atoms with van der Waals surface area (Å²) in [6, 6.07) is 47.4. The van der Waals surface area contributed by atoms with Crippen LogP contribution in [-0.2, 0) is 10.8 Å². The van der Waals surface area contributed by atoms with Gasteiger partial charge in [0.1, 0.15) is 11.9 Å². The van der Waals surface area contributed by atoms with Crippen LogP contribution in [-0.4, -0.2) is 30.9 Å². The van der Waals surface area contributed by atoms with Gasteiger partial charge in [-0.1, -0.05) is 134 Å². The molecule has 0 fully saturated rings. The third-order valence-corrected chi connectivity index (χ3v) is 14.3. The van der Waals surface area contributed by atoms with Crippen LogP contribution < -0.4 is 4.74 Å². The molecule has 6 heteroatoms. The summed E-state index contributed by atoms with van der Waals surface area (Å²) < 4.78 is 9.11. The van der Waals surface area contributed by atoms with Crippen molar-refractivity contribution in [1.82, 2.24) is 19.5 Å². The molecule has 0 spiro atoms. The third-order valence-electron chi connectivity index (χ3n) is 12.8. The van der Waals surface area contributed by atoms with Gasteiger partial charge in [-0.3, -0.25) is 0 Å². The van der Waals surface area contributed by atoms with Gasteiger partial charge in [-0.15, -0.1) is 11.8 Å². The number of nitrogens with zero attached hydrogens (tertiary/aromatic N) is 4. The van der Waals surface area contributed by atoms with Crippen molar-refractivity contribution in [1.29, 1.82) is 0 Å². The molecule has 2 aromatic heterocycles. The Balaban J connectivity index is 0.980. The summed E-state index contributed by atoms with van der Waals surface area (Å²) in [5.41, 5.74) is 10.8. The molecule has 4 aliphatic rings. The zero-order valence-electron chi connectivity index (χ0n) is 32.6. The van der Waals surface area contributed by atoms with Gasteiger partial charge in [-0.25, -0.2) is 15.0 Å². The standard InChI is InChI=1S/C53H38N4OS/c1-52-29-10-8-19-45(52)58-48-41(52)27-28-43-47(48)39-17-6-7-18-42(39)57(43)38-24-21-34(22-25-38)49-54-50(36-16-12-15-35(31-36)33-13-4-3-5-14-33)56-51(55-49)37-23-26-40-44(32-37)59-46-20-9-11-30-53(40,46)2/h3-32,45-46H,1-2H3. The molecule has 0 radical (unpaired) electrons. The van der Waals surface area contributed by atoms with Gasteiger partial charge < -0.3 is 9.30 Å². The molecule has 2 aliphatic heterocycles. The van der Waals surface area contributed by atoms with Crippen molar-refractivity contribution < 1.29 is 4.74 Å². The number of hydrogen-bond acceptors (Lipinski definition) is 5. The normalized spacial score (nSPS) is 22.0. The van der Waals surface area contributed by atoms with E-state index >= 15 is 0 Å². The van der Waals surface area contributed by atoms with Crippen molar-refractivity contribution >= 4 is 33.6 Å². The van der Waals surface area contributed by atoms with Crippen molar-refractivity contribution in [3.05, 3.63) is 193 Å². The largest absolute Gasteiger partial charge is 0.484 e. The lowest BCUT2D eigenvalue weighted by Gasteiger charge is -2.28. The molecule has 5 nitrogen and oxygen atoms in total. The smallest absolute Gasteiger partial charge is 0.164 e. The number of thioether (sulfide) groups is 1. The maximum atomic E-state index is 6.76. The van der Waals surface area contributed by atoms with Gasteiger partial charge >= 0.3 is 0 Å². The topological polar surface area (TPSA) is 52.8 Å². The lowest BCUT2D eigenvalue weighted by atomic mass is 9.76. The van der Waals surface area contributed by atoms with E-state index < -0.39 is 0 Å². The van der Waals surface area contributed by atoms with E-state index in [9.17, 15) is 0 Å². The van der Waals surface area contributed by atoms with Gasteiger partial charge in [0.25, 0.3) is 0 Å². The van der Waals surface area contributed by atoms with Gasteiger partial charge in [0.15, 0.2) is 17.5 Å². The molecule has 282 valence electrons. The van der Waals surface area contributed by atoms with Gasteiger partial charge in [0.05, 0.1) is 21.8 Å². The predicted molar refractivity (Wildman–Crippen MR) is 241 cm³/mol. The quantitative estimate of drug-likeness (QED) is 0.174. The number of aromatic nitrogens is 4. The van der Waals surface area contributed by atoms with Crippen LogP contribution in [0.4, 0.5) is 0 Å². The van der Waals surface area contributed by atoms with Gasteiger partial charge in [-0.05, 0) is 78.2 Å². The molecule has 0 amide bonds. The van der Waals surface area contributed by atoms with E-state index in [4.69, 9.17) is 19.7 Å². The average molecular weight is 779 g/mol. The van der Waals surface area contributed by atoms with Crippen LogP contribution in [0.15, 0.2) is 187 Å². The summed E-state index contributed by atoms with van der Waals surface area (Å²) in [4.78, 5) is 16.8. The first-order chi connectivity index (χ1) is 28.9. The van der Waals surface area contributed by atoms with Gasteiger partial charge in [0, 0.05) is 48.9 Å². The summed E-state index contributed by atoms with van der Waals surface area (Å²) in [5, 5.41) is 2.69. The lowest BCUT2D eigenvalue weighted by Crippen LogP contribution is -2.32. The number of benzene rings is 6. The number of para-hydroxylation sites is 1. The minimum Gasteiger partial charge on any atom is -0.484 e. The Kier molecular flexibility index (Phi) is 7.48. The van der Waals surface area contributed by atoms with Crippen LogP contribution in [0.25, 0.3) is 72.8 Å². The Hall–Kier alpha value is -6.76. The highest BCUT2D eigenvalue weighted by molar-refractivity contribution is 8.00. The molecule has 4 unspecified atom stereocenters. The number of hydrogen-bond donors (Lipinski definition) is 0. The van der Waals surface area contributed by atoms with Crippen molar-refractivity contribution in [2.24, 2.45) is 0 Å². The Morgan fingerprint density at radius 2 is 1.20 bits per heavy atom. The highest BCUT2D eigenvalue weighted by atomic mass is 32.2. The number of ether oxygens (including phenoxy) is 1. The van der Waals surface area contributed by atoms with E-state index in [1.54, 1.807) is 0 Å². The van der Waals surface area contributed by atoms with E-state index in [1.165, 1.54) is 21.4 Å². The Bertz CT molecular complexity index is 3160. The van der Waals surface area contributed by atoms with Crippen molar-refractivity contribution in [3.8, 4) is 56.7 Å². The van der Waals surface area contributed by atoms with Gasteiger partial charge in [-0.2, -0.15) is 0 Å². The highest BCUT2D eigenvalue weighted by Gasteiger charge is 2.45. The molecular weight excluding hydrogens is 741 g/mol. The Morgan fingerprint density at radius 1 is 0.542 bits per heavy atom. The van der Waals surface area contributed by atoms with E-state index in [1.807, 2.05) is 17.8 Å². The van der Waals surface area contributed by atoms with Crippen LogP contribution >= 0.6 is 11.8 Å². The Labute approximate surface area is 347 Å². The molecule has 0 bridgehead atoms. The predicted octanol–water partition coefficient (Wildman–Crippen LogP) is 12.6. The monoisotopic (exact) mass is 778 g/mol. The third kappa shape index (κ3) is 5.22. The van der Waals surface area contributed by atoms with Crippen molar-refractivity contribution in [3.63, 3.8) is 0 Å². The minimum atomic E-state index is -0.196. The molecule has 4 heterocycles. The molecule has 4 atom stereocenters. The maximum Gasteiger partial charge on any atom is 0.164 e. The summed E-state index contributed by atoms with van der Waals surface area (Å²) in [7, 11) is 0. The Morgan fingerprint density at radius 3 is 2.03 bits per heavy atom. The van der Waals surface area contributed by atoms with Crippen molar-refractivity contribution in [2.75, 3.05) is 0 Å². The van der Waals surface area contributed by atoms with Gasteiger partial charge in [0.2, 0.25) is 0 Å². The fraction of sp³-hybridized carbons (Fsp3) is 0.113. The summed E-state index contributed by atoms with van der Waals surface area (Å²) in [6.45, 7) is 4.61. The number of allylic oxidation sites excluding steroid dienone is 5. The second-order valence-electron chi connectivity index (χ2n) is 16.3. The summed E-state index contributed by atoms with van der Waals surface area (Å²) in [6.07, 6.45) is 17.6. The van der Waals surface area contributed by atoms with Crippen LogP contribution in [0.3, 0.4) is 0 Å². The first kappa shape index (κ1) is 34.3. The zero-order valence-corrected chi connectivity index (χ0v) is 33.4. The second-order valence-corrected chi connectivity index (χ2v) is 17.5. The van der Waals surface area contributed by atoms with E-state index in [2.05, 4.69) is 194 Å². The molecule has 0 N–H and O–H groups in total. The molecule has 0 saturated carbocycles. The molecule has 6 aromatic carbocycles. The maximum absolute atomic E-state index is 6.76. The zero-order chi connectivity index (χ0) is 39.3. The molecule has 2 aliphatic carbocycles. The molecule has 8 aromatic rings. The second kappa shape index (κ2) is 12.9. The fourth-order valence-electron chi connectivity index (χ4n) is 9.55. The lowest BCUT2D eigenvalue weighted by molar-refractivity contribution is 0.230. The van der Waals surface area contributed by atoms with E-state index in [-0.39, 0.29) is 16.9 Å². The first-order valence-electron chi connectivity index (χ1n) is 20.2. The number of rotatable bonds is 5. The SMILES string of the molecule is CC12C=CC=CC1Oc1c2ccc2c1c1ccccc1n2-c1ccc(-c2nc(-c3cccc(-c4ccccc4)c3)nc(-c3ccc4c(c3)SC3C=CC=CC43C)n2)cc1. The van der Waals surface area contributed by atoms with Crippen molar-refractivity contribution in [2.45, 2.75) is 40.9 Å². The molecule has 0 saturated heterocycles. The average Bonchev–Trinajstić information content (AvgIpc) is 3.90. The molecular formula is C53H38N4OS. The highest BCUT2D eigenvalue weighted by Crippen LogP contribution is 2.53. The van der Waals surface area contributed by atoms with Crippen LogP contribution in [0.5, 0.6) is 5.75 Å². The summed E-state index contributed by atoms with van der Waals surface area (Å²) in [5.74, 6) is 2.91. The van der Waals surface area contributed by atoms with E-state index in [0.29, 0.717) is 22.7 Å². The minimum absolute atomic E-state index is 0.0252.